The van der Waals surface area contributed by atoms with Gasteiger partial charge in [0.1, 0.15) is 0 Å². The zero-order valence-corrected chi connectivity index (χ0v) is 15.5. The predicted octanol–water partition coefficient (Wildman–Crippen LogP) is 3.11. The number of carbonyl (C=O) groups excluding carboxylic acids is 1. The smallest absolute Gasteiger partial charge is 0.270 e. The Bertz CT molecular complexity index is 945. The van der Waals surface area contributed by atoms with Crippen LogP contribution in [0.25, 0.3) is 0 Å². The lowest BCUT2D eigenvalue weighted by Crippen LogP contribution is -2.26. The second-order valence-corrected chi connectivity index (χ2v) is 7.77. The number of nitrogens with zero attached hydrogens (tertiary/aromatic N) is 1. The Kier molecular flexibility index (Phi) is 5.83. The number of amides is 1. The van der Waals surface area contributed by atoms with Gasteiger partial charge in [0.2, 0.25) is 10.0 Å². The van der Waals surface area contributed by atoms with E-state index in [0.29, 0.717) is 5.69 Å². The Labute approximate surface area is 155 Å². The molecule has 1 unspecified atom stereocenters. The van der Waals surface area contributed by atoms with Crippen molar-refractivity contribution in [2.45, 2.75) is 13.0 Å². The standard InChI is InChI=1S/C16H16ClN3O5S/c1-10(11-3-5-12(6-4-11)19-26(2,24)25)18-16(21)14-8-7-13(20(22)23)9-15(14)17/h3-10,19H,1-2H3,(H,18,21). The van der Waals surface area contributed by atoms with Crippen LogP contribution in [0.2, 0.25) is 5.02 Å². The van der Waals surface area contributed by atoms with Crippen LogP contribution >= 0.6 is 11.6 Å². The molecule has 0 spiro atoms. The molecule has 8 nitrogen and oxygen atoms in total. The SMILES string of the molecule is CC(NC(=O)c1ccc([N+](=O)[O-])cc1Cl)c1ccc(NS(C)(=O)=O)cc1. The first-order valence-electron chi connectivity index (χ1n) is 7.39. The molecule has 2 rings (SSSR count). The maximum atomic E-state index is 12.3. The number of benzene rings is 2. The Hall–Kier alpha value is -2.65. The van der Waals surface area contributed by atoms with Gasteiger partial charge in [-0.3, -0.25) is 19.6 Å². The number of nitrogens with one attached hydrogen (secondary N) is 2. The number of halogens is 1. The average molecular weight is 398 g/mol. The minimum atomic E-state index is -3.36. The number of hydrogen-bond acceptors (Lipinski definition) is 5. The number of non-ortho nitro benzene ring substituents is 1. The molecule has 0 saturated carbocycles. The normalized spacial score (nSPS) is 12.3. The van der Waals surface area contributed by atoms with Gasteiger partial charge in [0.05, 0.1) is 27.8 Å². The Balaban J connectivity index is 2.10. The van der Waals surface area contributed by atoms with Crippen molar-refractivity contribution in [1.29, 1.82) is 0 Å². The number of nitro benzene ring substituents is 1. The van der Waals surface area contributed by atoms with Gasteiger partial charge in [-0.25, -0.2) is 8.42 Å². The fraction of sp³-hybridized carbons (Fsp3) is 0.188. The highest BCUT2D eigenvalue weighted by Gasteiger charge is 2.17. The van der Waals surface area contributed by atoms with Crippen molar-refractivity contribution >= 4 is 38.9 Å². The third kappa shape index (κ3) is 5.17. The summed E-state index contributed by atoms with van der Waals surface area (Å²) in [4.78, 5) is 22.4. The largest absolute Gasteiger partial charge is 0.345 e. The van der Waals surface area contributed by atoms with Crippen molar-refractivity contribution in [2.75, 3.05) is 11.0 Å². The second-order valence-electron chi connectivity index (χ2n) is 5.61. The summed E-state index contributed by atoms with van der Waals surface area (Å²) in [5.74, 6) is -0.476. The van der Waals surface area contributed by atoms with Crippen LogP contribution in [0, 0.1) is 10.1 Å². The Morgan fingerprint density at radius 2 is 1.81 bits per heavy atom. The highest BCUT2D eigenvalue weighted by molar-refractivity contribution is 7.92. The summed E-state index contributed by atoms with van der Waals surface area (Å²) < 4.78 is 24.7. The number of carbonyl (C=O) groups is 1. The predicted molar refractivity (Wildman–Crippen MR) is 98.9 cm³/mol. The summed E-state index contributed by atoms with van der Waals surface area (Å²) in [6, 6.07) is 9.74. The van der Waals surface area contributed by atoms with E-state index in [0.717, 1.165) is 17.9 Å². The van der Waals surface area contributed by atoms with E-state index >= 15 is 0 Å². The molecule has 138 valence electrons. The highest BCUT2D eigenvalue weighted by atomic mass is 35.5. The maximum absolute atomic E-state index is 12.3. The molecule has 2 aromatic carbocycles. The fourth-order valence-corrected chi connectivity index (χ4v) is 3.04. The zero-order valence-electron chi connectivity index (χ0n) is 13.9. The molecular formula is C16H16ClN3O5S. The van der Waals surface area contributed by atoms with Crippen LogP contribution < -0.4 is 10.0 Å². The van der Waals surface area contributed by atoms with Crippen molar-refractivity contribution < 1.29 is 18.1 Å². The highest BCUT2D eigenvalue weighted by Crippen LogP contribution is 2.23. The molecular weight excluding hydrogens is 382 g/mol. The third-order valence-electron chi connectivity index (χ3n) is 3.47. The van der Waals surface area contributed by atoms with E-state index in [1.165, 1.54) is 12.1 Å². The van der Waals surface area contributed by atoms with Crippen molar-refractivity contribution in [3.05, 3.63) is 68.7 Å². The van der Waals surface area contributed by atoms with Crippen molar-refractivity contribution in [2.24, 2.45) is 0 Å². The van der Waals surface area contributed by atoms with Crippen molar-refractivity contribution in [3.8, 4) is 0 Å². The van der Waals surface area contributed by atoms with Gasteiger partial charge >= 0.3 is 0 Å². The lowest BCUT2D eigenvalue weighted by molar-refractivity contribution is -0.384. The third-order valence-corrected chi connectivity index (χ3v) is 4.39. The fourth-order valence-electron chi connectivity index (χ4n) is 2.21. The van der Waals surface area contributed by atoms with E-state index in [-0.39, 0.29) is 22.3 Å². The number of nitro groups is 1. The van der Waals surface area contributed by atoms with Gasteiger partial charge in [0.25, 0.3) is 11.6 Å². The van der Waals surface area contributed by atoms with Crippen LogP contribution in [0.4, 0.5) is 11.4 Å². The van der Waals surface area contributed by atoms with Gasteiger partial charge in [0, 0.05) is 17.8 Å². The van der Waals surface area contributed by atoms with Gasteiger partial charge < -0.3 is 5.32 Å². The van der Waals surface area contributed by atoms with Gasteiger partial charge in [-0.05, 0) is 30.7 Å². The van der Waals surface area contributed by atoms with Crippen molar-refractivity contribution in [3.63, 3.8) is 0 Å². The topological polar surface area (TPSA) is 118 Å². The Morgan fingerprint density at radius 3 is 2.31 bits per heavy atom. The lowest BCUT2D eigenvalue weighted by atomic mass is 10.1. The molecule has 2 aromatic rings. The summed E-state index contributed by atoms with van der Waals surface area (Å²) in [6.45, 7) is 1.75. The van der Waals surface area contributed by atoms with E-state index in [9.17, 15) is 23.3 Å². The first-order chi connectivity index (χ1) is 12.1. The van der Waals surface area contributed by atoms with Crippen LogP contribution in [-0.4, -0.2) is 25.5 Å². The van der Waals surface area contributed by atoms with E-state index in [1.54, 1.807) is 31.2 Å². The molecule has 0 heterocycles. The van der Waals surface area contributed by atoms with Gasteiger partial charge in [0.15, 0.2) is 0 Å². The zero-order chi connectivity index (χ0) is 19.5. The van der Waals surface area contributed by atoms with Crippen LogP contribution in [0.5, 0.6) is 0 Å². The molecule has 0 aliphatic heterocycles. The number of rotatable bonds is 6. The van der Waals surface area contributed by atoms with E-state index in [1.807, 2.05) is 0 Å². The van der Waals surface area contributed by atoms with Crippen LogP contribution in [0.15, 0.2) is 42.5 Å². The lowest BCUT2D eigenvalue weighted by Gasteiger charge is -2.15. The molecule has 0 radical (unpaired) electrons. The Morgan fingerprint density at radius 1 is 1.19 bits per heavy atom. The van der Waals surface area contributed by atoms with E-state index in [2.05, 4.69) is 10.0 Å². The van der Waals surface area contributed by atoms with Crippen molar-refractivity contribution in [1.82, 2.24) is 5.32 Å². The summed E-state index contributed by atoms with van der Waals surface area (Å²) in [6.07, 6.45) is 1.05. The number of anilines is 1. The van der Waals surface area contributed by atoms with E-state index in [4.69, 9.17) is 11.6 Å². The molecule has 0 fully saturated rings. The molecule has 0 aliphatic carbocycles. The monoisotopic (exact) mass is 397 g/mol. The van der Waals surface area contributed by atoms with Crippen LogP contribution in [0.3, 0.4) is 0 Å². The molecule has 0 saturated heterocycles. The molecule has 0 aliphatic rings. The molecule has 26 heavy (non-hydrogen) atoms. The molecule has 0 bridgehead atoms. The van der Waals surface area contributed by atoms with Crippen LogP contribution in [0.1, 0.15) is 28.9 Å². The first kappa shape index (κ1) is 19.7. The molecule has 0 aromatic heterocycles. The molecule has 1 atom stereocenters. The van der Waals surface area contributed by atoms with Gasteiger partial charge in [-0.2, -0.15) is 0 Å². The first-order valence-corrected chi connectivity index (χ1v) is 9.66. The quantitative estimate of drug-likeness (QED) is 0.573. The van der Waals surface area contributed by atoms with E-state index < -0.39 is 20.9 Å². The molecule has 10 heteroatoms. The maximum Gasteiger partial charge on any atom is 0.270 e. The molecule has 2 N–H and O–H groups in total. The van der Waals surface area contributed by atoms with Gasteiger partial charge in [-0.15, -0.1) is 0 Å². The minimum absolute atomic E-state index is 0.0170. The average Bonchev–Trinajstić information content (AvgIpc) is 2.53. The summed E-state index contributed by atoms with van der Waals surface area (Å²) in [5.41, 5.74) is 1.08. The molecule has 1 amide bonds. The summed E-state index contributed by atoms with van der Waals surface area (Å²) in [7, 11) is -3.36. The number of sulfonamides is 1. The summed E-state index contributed by atoms with van der Waals surface area (Å²) >= 11 is 5.95. The second kappa shape index (κ2) is 7.71. The number of hydrogen-bond donors (Lipinski definition) is 2. The summed E-state index contributed by atoms with van der Waals surface area (Å²) in [5, 5.41) is 13.4. The van der Waals surface area contributed by atoms with Gasteiger partial charge in [-0.1, -0.05) is 23.7 Å². The van der Waals surface area contributed by atoms with Crippen LogP contribution in [-0.2, 0) is 10.0 Å². The minimum Gasteiger partial charge on any atom is -0.345 e.